The molecule has 1 unspecified atom stereocenters. The van der Waals surface area contributed by atoms with Crippen molar-refractivity contribution in [3.8, 4) is 0 Å². The number of hydrogen-bond donors (Lipinski definition) is 1. The monoisotopic (exact) mass is 245 g/mol. The number of hydrogen-bond acceptors (Lipinski definition) is 2. The molecule has 1 atom stereocenters. The fraction of sp³-hybridized carbons (Fsp3) is 0.545. The second-order valence-electron chi connectivity index (χ2n) is 3.56. The molecule has 0 saturated carbocycles. The van der Waals surface area contributed by atoms with Gasteiger partial charge in [0.15, 0.2) is 0 Å². The summed E-state index contributed by atoms with van der Waals surface area (Å²) in [6.07, 6.45) is 2.38. The minimum absolute atomic E-state index is 0.0968. The summed E-state index contributed by atoms with van der Waals surface area (Å²) in [6, 6.07) is 4.16. The van der Waals surface area contributed by atoms with E-state index in [9.17, 15) is 4.79 Å². The van der Waals surface area contributed by atoms with E-state index in [0.717, 1.165) is 17.7 Å². The van der Waals surface area contributed by atoms with Crippen LogP contribution in [0.15, 0.2) is 17.5 Å². The average molecular weight is 246 g/mol. The number of rotatable bonds is 6. The highest BCUT2D eigenvalue weighted by Crippen LogP contribution is 2.09. The Kier molecular flexibility index (Phi) is 5.73. The molecule has 84 valence electrons. The van der Waals surface area contributed by atoms with E-state index in [1.165, 1.54) is 0 Å². The predicted octanol–water partition coefficient (Wildman–Crippen LogP) is 2.81. The molecule has 4 heteroatoms. The fourth-order valence-corrected chi connectivity index (χ4v) is 2.21. The predicted molar refractivity (Wildman–Crippen MR) is 65.6 cm³/mol. The van der Waals surface area contributed by atoms with Crippen LogP contribution in [0.25, 0.3) is 0 Å². The molecule has 1 heterocycles. The van der Waals surface area contributed by atoms with Crippen molar-refractivity contribution in [3.05, 3.63) is 22.4 Å². The summed E-state index contributed by atoms with van der Waals surface area (Å²) in [5.74, 6) is 0.755. The lowest BCUT2D eigenvalue weighted by molar-refractivity contribution is -0.121. The highest BCUT2D eigenvalue weighted by atomic mass is 35.5. The number of carbonyl (C=O) groups excluding carboxylic acids is 1. The molecule has 2 nitrogen and oxygen atoms in total. The molecule has 1 aromatic rings. The minimum Gasteiger partial charge on any atom is -0.353 e. The first-order valence-electron chi connectivity index (χ1n) is 5.10. The van der Waals surface area contributed by atoms with Crippen molar-refractivity contribution in [3.63, 3.8) is 0 Å². The third-order valence-electron chi connectivity index (χ3n) is 2.09. The number of nitrogens with one attached hydrogen (secondary N) is 1. The Bertz CT molecular complexity index is 287. The topological polar surface area (TPSA) is 29.1 Å². The van der Waals surface area contributed by atoms with Crippen LogP contribution in [0.5, 0.6) is 0 Å². The Morgan fingerprint density at radius 3 is 3.07 bits per heavy atom. The van der Waals surface area contributed by atoms with Crippen molar-refractivity contribution in [2.45, 2.75) is 32.2 Å². The van der Waals surface area contributed by atoms with E-state index in [1.54, 1.807) is 11.3 Å². The Balaban J connectivity index is 2.23. The van der Waals surface area contributed by atoms with Crippen LogP contribution in [0.4, 0.5) is 0 Å². The van der Waals surface area contributed by atoms with Crippen LogP contribution in [0.1, 0.15) is 24.6 Å². The van der Waals surface area contributed by atoms with Crippen LogP contribution in [0.3, 0.4) is 0 Å². The standard InChI is InChI=1S/C11H16ClNOS/c1-9(4-2-6-12)13-11(14)8-10-5-3-7-15-10/h3,5,7,9H,2,4,6,8H2,1H3,(H,13,14). The van der Waals surface area contributed by atoms with E-state index in [2.05, 4.69) is 5.32 Å². The number of thiophene rings is 1. The molecule has 0 saturated heterocycles. The minimum atomic E-state index is 0.0968. The molecule has 15 heavy (non-hydrogen) atoms. The Hall–Kier alpha value is -0.540. The molecule has 0 bridgehead atoms. The van der Waals surface area contributed by atoms with Crippen LogP contribution in [-0.2, 0) is 11.2 Å². The van der Waals surface area contributed by atoms with Crippen molar-refractivity contribution in [1.82, 2.24) is 5.32 Å². The van der Waals surface area contributed by atoms with Crippen molar-refractivity contribution < 1.29 is 4.79 Å². The summed E-state index contributed by atoms with van der Waals surface area (Å²) >= 11 is 7.20. The van der Waals surface area contributed by atoms with Crippen LogP contribution >= 0.6 is 22.9 Å². The molecule has 0 aliphatic heterocycles. The van der Waals surface area contributed by atoms with E-state index < -0.39 is 0 Å². The molecule has 1 N–H and O–H groups in total. The van der Waals surface area contributed by atoms with Crippen molar-refractivity contribution in [2.24, 2.45) is 0 Å². The normalized spacial score (nSPS) is 12.4. The molecule has 0 aliphatic rings. The molecule has 1 rings (SSSR count). The number of amides is 1. The number of halogens is 1. The summed E-state index contributed by atoms with van der Waals surface area (Å²) in [6.45, 7) is 2.01. The Morgan fingerprint density at radius 1 is 1.67 bits per heavy atom. The molecule has 0 spiro atoms. The summed E-state index contributed by atoms with van der Waals surface area (Å²) in [5, 5.41) is 4.95. The van der Waals surface area contributed by atoms with E-state index in [0.29, 0.717) is 12.3 Å². The maximum absolute atomic E-state index is 11.5. The molecule has 0 aliphatic carbocycles. The zero-order valence-corrected chi connectivity index (χ0v) is 10.4. The van der Waals surface area contributed by atoms with Gasteiger partial charge in [-0.3, -0.25) is 4.79 Å². The second kappa shape index (κ2) is 6.85. The summed E-state index contributed by atoms with van der Waals surface area (Å²) < 4.78 is 0. The van der Waals surface area contributed by atoms with Gasteiger partial charge in [-0.05, 0) is 31.2 Å². The third-order valence-corrected chi connectivity index (χ3v) is 3.24. The quantitative estimate of drug-likeness (QED) is 0.768. The van der Waals surface area contributed by atoms with Gasteiger partial charge in [-0.1, -0.05) is 6.07 Å². The largest absolute Gasteiger partial charge is 0.353 e. The van der Waals surface area contributed by atoms with Crippen LogP contribution in [-0.4, -0.2) is 17.8 Å². The second-order valence-corrected chi connectivity index (χ2v) is 4.97. The van der Waals surface area contributed by atoms with Gasteiger partial charge in [-0.25, -0.2) is 0 Å². The molecular weight excluding hydrogens is 230 g/mol. The maximum Gasteiger partial charge on any atom is 0.225 e. The summed E-state index contributed by atoms with van der Waals surface area (Å²) in [7, 11) is 0. The first-order chi connectivity index (χ1) is 7.22. The van der Waals surface area contributed by atoms with Crippen LogP contribution in [0.2, 0.25) is 0 Å². The fourth-order valence-electron chi connectivity index (χ4n) is 1.35. The molecule has 1 aromatic heterocycles. The third kappa shape index (κ3) is 5.19. The smallest absolute Gasteiger partial charge is 0.225 e. The van der Waals surface area contributed by atoms with Crippen LogP contribution < -0.4 is 5.32 Å². The van der Waals surface area contributed by atoms with Gasteiger partial charge in [0.05, 0.1) is 6.42 Å². The Morgan fingerprint density at radius 2 is 2.47 bits per heavy atom. The lowest BCUT2D eigenvalue weighted by Gasteiger charge is -2.12. The van der Waals surface area contributed by atoms with Gasteiger partial charge in [0.1, 0.15) is 0 Å². The zero-order chi connectivity index (χ0) is 11.1. The summed E-state index contributed by atoms with van der Waals surface area (Å²) in [5.41, 5.74) is 0. The first kappa shape index (κ1) is 12.5. The van der Waals surface area contributed by atoms with Gasteiger partial charge in [0, 0.05) is 16.8 Å². The van der Waals surface area contributed by atoms with Crippen molar-refractivity contribution in [2.75, 3.05) is 5.88 Å². The number of alkyl halides is 1. The van der Waals surface area contributed by atoms with Crippen molar-refractivity contribution >= 4 is 28.8 Å². The van der Waals surface area contributed by atoms with Gasteiger partial charge in [-0.2, -0.15) is 0 Å². The molecular formula is C11H16ClNOS. The molecule has 0 aromatic carbocycles. The number of carbonyl (C=O) groups is 1. The van der Waals surface area contributed by atoms with Gasteiger partial charge in [-0.15, -0.1) is 22.9 Å². The highest BCUT2D eigenvalue weighted by molar-refractivity contribution is 7.10. The van der Waals surface area contributed by atoms with E-state index in [1.807, 2.05) is 24.4 Å². The van der Waals surface area contributed by atoms with Crippen LogP contribution in [0, 0.1) is 0 Å². The zero-order valence-electron chi connectivity index (χ0n) is 8.83. The van der Waals surface area contributed by atoms with Gasteiger partial charge >= 0.3 is 0 Å². The molecule has 1 amide bonds. The SMILES string of the molecule is CC(CCCCl)NC(=O)Cc1cccs1. The van der Waals surface area contributed by atoms with Gasteiger partial charge in [0.2, 0.25) is 5.91 Å². The lowest BCUT2D eigenvalue weighted by atomic mass is 10.2. The average Bonchev–Trinajstić information content (AvgIpc) is 2.67. The summed E-state index contributed by atoms with van der Waals surface area (Å²) in [4.78, 5) is 12.7. The first-order valence-corrected chi connectivity index (χ1v) is 6.51. The molecule has 0 radical (unpaired) electrons. The lowest BCUT2D eigenvalue weighted by Crippen LogP contribution is -2.33. The van der Waals surface area contributed by atoms with E-state index in [4.69, 9.17) is 11.6 Å². The Labute approximate surface area is 99.6 Å². The van der Waals surface area contributed by atoms with E-state index >= 15 is 0 Å². The molecule has 0 fully saturated rings. The van der Waals surface area contributed by atoms with Gasteiger partial charge < -0.3 is 5.32 Å². The van der Waals surface area contributed by atoms with E-state index in [-0.39, 0.29) is 11.9 Å². The van der Waals surface area contributed by atoms with Crippen molar-refractivity contribution in [1.29, 1.82) is 0 Å². The van der Waals surface area contributed by atoms with Gasteiger partial charge in [0.25, 0.3) is 0 Å². The highest BCUT2D eigenvalue weighted by Gasteiger charge is 2.07. The maximum atomic E-state index is 11.5.